The summed E-state index contributed by atoms with van der Waals surface area (Å²) in [6.45, 7) is 9.00. The van der Waals surface area contributed by atoms with E-state index in [1.165, 1.54) is 0 Å². The first kappa shape index (κ1) is 8.89. The maximum absolute atomic E-state index is 3.25. The van der Waals surface area contributed by atoms with Crippen molar-refractivity contribution in [2.75, 3.05) is 0 Å². The molecule has 0 spiro atoms. The van der Waals surface area contributed by atoms with E-state index in [0.717, 1.165) is 0 Å². The van der Waals surface area contributed by atoms with E-state index < -0.39 is 0 Å². The van der Waals surface area contributed by atoms with E-state index in [4.69, 9.17) is 0 Å². The fourth-order valence-corrected chi connectivity index (χ4v) is 0. The first-order valence-electron chi connectivity index (χ1n) is 1.86. The second-order valence-corrected chi connectivity index (χ2v) is 0.577. The molecule has 5 heavy (non-hydrogen) atoms. The Hall–Kier alpha value is 0. The minimum Gasteiger partial charge on any atom is -0.0654 e. The van der Waals surface area contributed by atoms with Crippen LogP contribution in [0.3, 0.4) is 0 Å². The molecule has 0 saturated carbocycles. The minimum atomic E-state index is 1.75. The van der Waals surface area contributed by atoms with Gasteiger partial charge < -0.3 is 0 Å². The molecule has 0 heterocycles. The smallest absolute Gasteiger partial charge is 0.0448 e. The van der Waals surface area contributed by atoms with Gasteiger partial charge in [0.25, 0.3) is 0 Å². The zero-order chi connectivity index (χ0) is 4.71. The lowest BCUT2D eigenvalue weighted by atomic mass is 10.6. The highest BCUT2D eigenvalue weighted by molar-refractivity contribution is 4.34. The van der Waals surface area contributed by atoms with Gasteiger partial charge >= 0.3 is 0 Å². The van der Waals surface area contributed by atoms with Gasteiger partial charge in [-0.1, -0.05) is 27.7 Å². The van der Waals surface area contributed by atoms with Gasteiger partial charge in [-0.2, -0.15) is 0 Å². The fourth-order valence-electron chi connectivity index (χ4n) is 0. The molecular formula is C5H12. The quantitative estimate of drug-likeness (QED) is 0.411. The molecule has 0 unspecified atom stereocenters. The van der Waals surface area contributed by atoms with Crippen molar-refractivity contribution in [3.8, 4) is 0 Å². The van der Waals surface area contributed by atoms with E-state index in [1.807, 2.05) is 20.3 Å². The Balaban J connectivity index is 0. The van der Waals surface area contributed by atoms with Crippen molar-refractivity contribution in [3.05, 3.63) is 13.3 Å². The van der Waals surface area contributed by atoms with E-state index in [0.29, 0.717) is 0 Å². The third-order valence-corrected chi connectivity index (χ3v) is 0. The van der Waals surface area contributed by atoms with E-state index in [-0.39, 0.29) is 0 Å². The van der Waals surface area contributed by atoms with Gasteiger partial charge in [-0.15, -0.1) is 0 Å². The van der Waals surface area contributed by atoms with Crippen molar-refractivity contribution in [2.45, 2.75) is 20.8 Å². The van der Waals surface area contributed by atoms with Crippen LogP contribution in [0, 0.1) is 13.3 Å². The van der Waals surface area contributed by atoms with Crippen molar-refractivity contribution < 1.29 is 0 Å². The van der Waals surface area contributed by atoms with Gasteiger partial charge in [-0.3, -0.25) is 0 Å². The van der Waals surface area contributed by atoms with E-state index >= 15 is 0 Å². The van der Waals surface area contributed by atoms with Gasteiger partial charge in [0.1, 0.15) is 0 Å². The second kappa shape index (κ2) is 36.0. The minimum absolute atomic E-state index is 1.75. The van der Waals surface area contributed by atoms with Crippen molar-refractivity contribution in [1.29, 1.82) is 0 Å². The maximum Gasteiger partial charge on any atom is -0.0448 e. The molecule has 0 atom stereocenters. The van der Waals surface area contributed by atoms with Crippen LogP contribution in [0.15, 0.2) is 0 Å². The predicted octanol–water partition coefficient (Wildman–Crippen LogP) is 2.07. The first-order chi connectivity index (χ1) is 2.41. The molecule has 0 aliphatic rings. The molecule has 0 aromatic rings. The van der Waals surface area contributed by atoms with Gasteiger partial charge in [0.2, 0.25) is 0 Å². The number of hydrogen-bond donors (Lipinski definition) is 0. The third kappa shape index (κ3) is 0. The van der Waals surface area contributed by atoms with Gasteiger partial charge in [-0.05, 0) is 6.42 Å². The lowest BCUT2D eigenvalue weighted by Crippen LogP contribution is -1.30. The van der Waals surface area contributed by atoms with Crippen LogP contribution in [0.5, 0.6) is 0 Å². The molecule has 0 N–H and O–H groups in total. The molecule has 32 valence electrons. The van der Waals surface area contributed by atoms with Crippen LogP contribution in [0.25, 0.3) is 0 Å². The summed E-state index contributed by atoms with van der Waals surface area (Å²) >= 11 is 0. The second-order valence-electron chi connectivity index (χ2n) is 0.577. The topological polar surface area (TPSA) is 0 Å². The monoisotopic (exact) mass is 72.1 g/mol. The lowest BCUT2D eigenvalue weighted by Gasteiger charge is -1.47. The van der Waals surface area contributed by atoms with Crippen molar-refractivity contribution in [2.24, 2.45) is 0 Å². The third-order valence-electron chi connectivity index (χ3n) is 0. The summed E-state index contributed by atoms with van der Waals surface area (Å²) in [6.07, 6.45) is 2.00. The van der Waals surface area contributed by atoms with Crippen LogP contribution >= 0.6 is 0 Å². The average molecular weight is 72.2 g/mol. The molecule has 0 nitrogen and oxygen atoms in total. The molecule has 2 radical (unpaired) electrons. The predicted molar refractivity (Wildman–Crippen MR) is 26.7 cm³/mol. The lowest BCUT2D eigenvalue weighted by molar-refractivity contribution is 1.41. The van der Waals surface area contributed by atoms with E-state index in [9.17, 15) is 0 Å². The molecule has 0 aliphatic heterocycles. The Labute approximate surface area is 35.2 Å². The van der Waals surface area contributed by atoms with Crippen LogP contribution in [0.4, 0.5) is 0 Å². The Morgan fingerprint density at radius 2 is 1.20 bits per heavy atom. The number of hydrogen-bond acceptors (Lipinski definition) is 0. The number of rotatable bonds is 0. The molecule has 0 bridgehead atoms. The fraction of sp³-hybridized carbons (Fsp3) is 0.600. The van der Waals surface area contributed by atoms with E-state index in [2.05, 4.69) is 6.92 Å². The zero-order valence-electron chi connectivity index (χ0n) is 4.28. The average Bonchev–Trinajstić information content (AvgIpc) is 1.46. The maximum atomic E-state index is 3.25. The van der Waals surface area contributed by atoms with Crippen LogP contribution < -0.4 is 0 Å². The highest BCUT2D eigenvalue weighted by Gasteiger charge is 1.36. The summed E-state index contributed by atoms with van der Waals surface area (Å²) < 4.78 is 0. The van der Waals surface area contributed by atoms with Gasteiger partial charge in [0.05, 0.1) is 0 Å². The summed E-state index contributed by atoms with van der Waals surface area (Å²) in [5.74, 6) is 0. The van der Waals surface area contributed by atoms with Crippen molar-refractivity contribution >= 4 is 0 Å². The molecule has 0 aromatic heterocycles. The SMILES string of the molecule is C[CH]C.[CH2]C. The molecule has 0 aliphatic carbocycles. The molecule has 0 saturated heterocycles. The first-order valence-corrected chi connectivity index (χ1v) is 1.86. The Kier molecular flexibility index (Phi) is 64.0. The van der Waals surface area contributed by atoms with Crippen LogP contribution in [-0.2, 0) is 0 Å². The van der Waals surface area contributed by atoms with Gasteiger partial charge in [-0.25, -0.2) is 0 Å². The summed E-state index contributed by atoms with van der Waals surface area (Å²) in [5, 5.41) is 0. The Morgan fingerprint density at radius 1 is 1.20 bits per heavy atom. The summed E-state index contributed by atoms with van der Waals surface area (Å²) in [7, 11) is 0. The Bertz CT molecular complexity index is 0. The molecule has 0 rings (SSSR count). The van der Waals surface area contributed by atoms with Crippen LogP contribution in [-0.4, -0.2) is 0 Å². The zero-order valence-corrected chi connectivity index (χ0v) is 4.28. The summed E-state index contributed by atoms with van der Waals surface area (Å²) in [5.41, 5.74) is 0. The van der Waals surface area contributed by atoms with Gasteiger partial charge in [0.15, 0.2) is 0 Å². The molecule has 0 amide bonds. The highest BCUT2D eigenvalue weighted by atomic mass is 13.4. The molecule has 0 fully saturated rings. The van der Waals surface area contributed by atoms with Crippen molar-refractivity contribution in [3.63, 3.8) is 0 Å². The van der Waals surface area contributed by atoms with Gasteiger partial charge in [0, 0.05) is 0 Å². The van der Waals surface area contributed by atoms with E-state index in [1.54, 1.807) is 6.92 Å². The largest absolute Gasteiger partial charge is 0.0654 e. The van der Waals surface area contributed by atoms with Crippen LogP contribution in [0.1, 0.15) is 20.8 Å². The molecule has 0 aromatic carbocycles. The molecular weight excluding hydrogens is 60.1 g/mol. The summed E-state index contributed by atoms with van der Waals surface area (Å²) in [4.78, 5) is 0. The Morgan fingerprint density at radius 3 is 1.20 bits per heavy atom. The summed E-state index contributed by atoms with van der Waals surface area (Å²) in [6, 6.07) is 0. The standard InChI is InChI=1S/C3H7.C2H5/c1-3-2;1-2/h3H,1-2H3;1H2,2H3. The van der Waals surface area contributed by atoms with Crippen LogP contribution in [0.2, 0.25) is 0 Å². The highest BCUT2D eigenvalue weighted by Crippen LogP contribution is 1.53. The molecule has 0 heteroatoms. The normalized spacial score (nSPS) is 4.80. The van der Waals surface area contributed by atoms with Crippen molar-refractivity contribution in [1.82, 2.24) is 0 Å².